The third kappa shape index (κ3) is 2.88. The average molecular weight is 246 g/mol. The van der Waals surface area contributed by atoms with E-state index in [0.29, 0.717) is 24.1 Å². The quantitative estimate of drug-likeness (QED) is 0.884. The minimum Gasteiger partial charge on any atom is -0.310 e. The van der Waals surface area contributed by atoms with Crippen LogP contribution in [0.4, 0.5) is 4.39 Å². The molecule has 0 amide bonds. The summed E-state index contributed by atoms with van der Waals surface area (Å²) >= 11 is 0. The van der Waals surface area contributed by atoms with Crippen molar-refractivity contribution in [3.05, 3.63) is 35.1 Å². The molecule has 1 aliphatic rings. The molecular formula is C15H19FN2. The molecule has 0 aliphatic heterocycles. The Labute approximate surface area is 108 Å². The van der Waals surface area contributed by atoms with Crippen LogP contribution in [0.25, 0.3) is 0 Å². The van der Waals surface area contributed by atoms with Gasteiger partial charge in [-0.05, 0) is 31.7 Å². The first-order valence-corrected chi connectivity index (χ1v) is 6.63. The Hall–Kier alpha value is -1.40. The standard InChI is InChI=1S/C15H19FN2/c1-11(12-5-2-3-6-12)18-10-14-8-4-7-13(9-17)15(14)16/h4,7-8,11-12,18H,2-3,5-6,10H2,1H3. The van der Waals surface area contributed by atoms with Gasteiger partial charge >= 0.3 is 0 Å². The number of halogens is 1. The van der Waals surface area contributed by atoms with Crippen molar-refractivity contribution in [2.45, 2.75) is 45.2 Å². The summed E-state index contributed by atoms with van der Waals surface area (Å²) in [7, 11) is 0. The van der Waals surface area contributed by atoms with Crippen LogP contribution in [-0.4, -0.2) is 6.04 Å². The summed E-state index contributed by atoms with van der Waals surface area (Å²) in [5, 5.41) is 12.2. The highest BCUT2D eigenvalue weighted by molar-refractivity contribution is 5.34. The Balaban J connectivity index is 1.95. The number of nitriles is 1. The van der Waals surface area contributed by atoms with E-state index in [4.69, 9.17) is 5.26 Å². The van der Waals surface area contributed by atoms with Crippen molar-refractivity contribution in [1.82, 2.24) is 5.32 Å². The van der Waals surface area contributed by atoms with Gasteiger partial charge in [-0.15, -0.1) is 0 Å². The van der Waals surface area contributed by atoms with Crippen molar-refractivity contribution in [1.29, 1.82) is 5.26 Å². The smallest absolute Gasteiger partial charge is 0.145 e. The van der Waals surface area contributed by atoms with Crippen LogP contribution in [0, 0.1) is 23.1 Å². The van der Waals surface area contributed by atoms with Crippen molar-refractivity contribution in [2.75, 3.05) is 0 Å². The molecule has 96 valence electrons. The van der Waals surface area contributed by atoms with E-state index in [-0.39, 0.29) is 11.4 Å². The maximum Gasteiger partial charge on any atom is 0.145 e. The van der Waals surface area contributed by atoms with E-state index in [1.54, 1.807) is 12.1 Å². The lowest BCUT2D eigenvalue weighted by Crippen LogP contribution is -2.32. The molecule has 0 heterocycles. The fraction of sp³-hybridized carbons (Fsp3) is 0.533. The summed E-state index contributed by atoms with van der Waals surface area (Å²) in [4.78, 5) is 0. The van der Waals surface area contributed by atoms with Crippen molar-refractivity contribution < 1.29 is 4.39 Å². The molecule has 0 saturated heterocycles. The largest absolute Gasteiger partial charge is 0.310 e. The Bertz CT molecular complexity index is 444. The molecule has 18 heavy (non-hydrogen) atoms. The van der Waals surface area contributed by atoms with Gasteiger partial charge in [0.1, 0.15) is 11.9 Å². The molecule has 0 spiro atoms. The van der Waals surface area contributed by atoms with Crippen molar-refractivity contribution >= 4 is 0 Å². The van der Waals surface area contributed by atoms with Gasteiger partial charge in [-0.3, -0.25) is 0 Å². The van der Waals surface area contributed by atoms with E-state index in [0.717, 1.165) is 0 Å². The minimum atomic E-state index is -0.383. The second kappa shape index (κ2) is 5.97. The molecule has 0 bridgehead atoms. The maximum absolute atomic E-state index is 13.8. The number of benzene rings is 1. The first-order chi connectivity index (χ1) is 8.72. The second-order valence-electron chi connectivity index (χ2n) is 5.10. The van der Waals surface area contributed by atoms with E-state index >= 15 is 0 Å². The Morgan fingerprint density at radius 3 is 2.83 bits per heavy atom. The topological polar surface area (TPSA) is 35.8 Å². The molecule has 1 aromatic carbocycles. The van der Waals surface area contributed by atoms with Gasteiger partial charge in [0.05, 0.1) is 5.56 Å². The summed E-state index contributed by atoms with van der Waals surface area (Å²) in [5.74, 6) is 0.332. The predicted octanol–water partition coefficient (Wildman–Crippen LogP) is 3.37. The van der Waals surface area contributed by atoms with E-state index in [1.165, 1.54) is 31.7 Å². The molecule has 3 heteroatoms. The SMILES string of the molecule is CC(NCc1cccc(C#N)c1F)C1CCCC1. The number of nitrogens with one attached hydrogen (secondary N) is 1. The molecule has 1 aliphatic carbocycles. The highest BCUT2D eigenvalue weighted by Crippen LogP contribution is 2.27. The van der Waals surface area contributed by atoms with Crippen molar-refractivity contribution in [3.8, 4) is 6.07 Å². The summed E-state index contributed by atoms with van der Waals surface area (Å²) in [6.45, 7) is 2.67. The van der Waals surface area contributed by atoms with E-state index in [1.807, 2.05) is 6.07 Å². The Morgan fingerprint density at radius 1 is 1.44 bits per heavy atom. The van der Waals surface area contributed by atoms with Crippen LogP contribution in [-0.2, 0) is 6.54 Å². The van der Waals surface area contributed by atoms with Crippen LogP contribution < -0.4 is 5.32 Å². The fourth-order valence-electron chi connectivity index (χ4n) is 2.70. The van der Waals surface area contributed by atoms with E-state index in [9.17, 15) is 4.39 Å². The Kier molecular flexibility index (Phi) is 4.33. The van der Waals surface area contributed by atoms with Gasteiger partial charge in [0, 0.05) is 18.2 Å². The minimum absolute atomic E-state index is 0.128. The number of rotatable bonds is 4. The third-order valence-corrected chi connectivity index (χ3v) is 3.92. The van der Waals surface area contributed by atoms with E-state index < -0.39 is 0 Å². The highest BCUT2D eigenvalue weighted by Gasteiger charge is 2.21. The second-order valence-corrected chi connectivity index (χ2v) is 5.10. The van der Waals surface area contributed by atoms with E-state index in [2.05, 4.69) is 12.2 Å². The molecule has 1 atom stereocenters. The lowest BCUT2D eigenvalue weighted by molar-refractivity contribution is 0.378. The summed E-state index contributed by atoms with van der Waals surface area (Å²) in [6, 6.07) is 7.28. The Morgan fingerprint density at radius 2 is 2.17 bits per heavy atom. The third-order valence-electron chi connectivity index (χ3n) is 3.92. The van der Waals surface area contributed by atoms with Gasteiger partial charge in [-0.25, -0.2) is 4.39 Å². The first-order valence-electron chi connectivity index (χ1n) is 6.63. The maximum atomic E-state index is 13.8. The van der Waals surface area contributed by atoms with Crippen LogP contribution in [0.2, 0.25) is 0 Å². The zero-order chi connectivity index (χ0) is 13.0. The highest BCUT2D eigenvalue weighted by atomic mass is 19.1. The van der Waals surface area contributed by atoms with Crippen LogP contribution in [0.15, 0.2) is 18.2 Å². The summed E-state index contributed by atoms with van der Waals surface area (Å²) < 4.78 is 13.8. The zero-order valence-corrected chi connectivity index (χ0v) is 10.7. The molecule has 0 aromatic heterocycles. The van der Waals surface area contributed by atoms with Crippen LogP contribution >= 0.6 is 0 Å². The van der Waals surface area contributed by atoms with Gasteiger partial charge in [0.15, 0.2) is 0 Å². The molecule has 1 fully saturated rings. The predicted molar refractivity (Wildman–Crippen MR) is 69.4 cm³/mol. The van der Waals surface area contributed by atoms with Crippen molar-refractivity contribution in [3.63, 3.8) is 0 Å². The van der Waals surface area contributed by atoms with Crippen LogP contribution in [0.5, 0.6) is 0 Å². The molecular weight excluding hydrogens is 227 g/mol. The molecule has 1 aromatic rings. The molecule has 1 saturated carbocycles. The molecule has 1 N–H and O–H groups in total. The number of nitrogens with zero attached hydrogens (tertiary/aromatic N) is 1. The lowest BCUT2D eigenvalue weighted by Gasteiger charge is -2.20. The molecule has 1 unspecified atom stereocenters. The molecule has 2 rings (SSSR count). The van der Waals surface area contributed by atoms with Crippen LogP contribution in [0.3, 0.4) is 0 Å². The van der Waals surface area contributed by atoms with Gasteiger partial charge < -0.3 is 5.32 Å². The van der Waals surface area contributed by atoms with Crippen molar-refractivity contribution in [2.24, 2.45) is 5.92 Å². The van der Waals surface area contributed by atoms with Gasteiger partial charge in [0.2, 0.25) is 0 Å². The number of hydrogen-bond donors (Lipinski definition) is 1. The normalized spacial score (nSPS) is 17.6. The molecule has 2 nitrogen and oxygen atoms in total. The van der Waals surface area contributed by atoms with Gasteiger partial charge in [-0.1, -0.05) is 25.0 Å². The average Bonchev–Trinajstić information content (AvgIpc) is 2.91. The first kappa shape index (κ1) is 13.0. The lowest BCUT2D eigenvalue weighted by atomic mass is 9.99. The summed E-state index contributed by atoms with van der Waals surface area (Å²) in [5.41, 5.74) is 0.710. The van der Waals surface area contributed by atoms with Gasteiger partial charge in [-0.2, -0.15) is 5.26 Å². The van der Waals surface area contributed by atoms with Gasteiger partial charge in [0.25, 0.3) is 0 Å². The fourth-order valence-corrected chi connectivity index (χ4v) is 2.70. The van der Waals surface area contributed by atoms with Crippen LogP contribution in [0.1, 0.15) is 43.7 Å². The zero-order valence-electron chi connectivity index (χ0n) is 10.7. The number of hydrogen-bond acceptors (Lipinski definition) is 2. The molecule has 0 radical (unpaired) electrons. The summed E-state index contributed by atoms with van der Waals surface area (Å²) in [6.07, 6.45) is 5.17. The monoisotopic (exact) mass is 246 g/mol.